The van der Waals surface area contributed by atoms with Gasteiger partial charge in [-0.15, -0.1) is 0 Å². The molecule has 3 aromatic rings. The lowest BCUT2D eigenvalue weighted by atomic mass is 9.60. The lowest BCUT2D eigenvalue weighted by molar-refractivity contribution is -0.153. The van der Waals surface area contributed by atoms with Crippen molar-refractivity contribution in [3.05, 3.63) is 59.3 Å². The minimum absolute atomic E-state index is 0.144. The number of hydrogen-bond donors (Lipinski definition) is 3. The number of hydrogen-bond acceptors (Lipinski definition) is 5. The lowest BCUT2D eigenvalue weighted by Crippen LogP contribution is -2.53. The van der Waals surface area contributed by atoms with Crippen molar-refractivity contribution >= 4 is 22.7 Å². The monoisotopic (exact) mass is 519 g/mol. The van der Waals surface area contributed by atoms with Gasteiger partial charge in [-0.3, -0.25) is 14.5 Å². The summed E-state index contributed by atoms with van der Waals surface area (Å²) in [6, 6.07) is 13.3. The van der Waals surface area contributed by atoms with Crippen LogP contribution in [0.2, 0.25) is 0 Å². The average molecular weight is 520 g/mol. The first-order valence-electron chi connectivity index (χ1n) is 13.7. The van der Waals surface area contributed by atoms with Crippen LogP contribution >= 0.6 is 0 Å². The van der Waals surface area contributed by atoms with Crippen molar-refractivity contribution in [2.75, 3.05) is 26.2 Å². The first kappa shape index (κ1) is 27.7. The van der Waals surface area contributed by atoms with Crippen molar-refractivity contribution in [1.29, 1.82) is 0 Å². The first-order valence-corrected chi connectivity index (χ1v) is 13.7. The van der Waals surface area contributed by atoms with Gasteiger partial charge in [-0.25, -0.2) is 0 Å². The van der Waals surface area contributed by atoms with Crippen LogP contribution < -0.4 is 10.1 Å². The number of phenolic OH excluding ortho intramolecular Hbond substituents is 1. The van der Waals surface area contributed by atoms with Crippen LogP contribution in [-0.2, 0) is 16.0 Å². The van der Waals surface area contributed by atoms with Crippen molar-refractivity contribution in [3.8, 4) is 11.5 Å². The highest BCUT2D eigenvalue weighted by molar-refractivity contribution is 5.98. The molecule has 0 bridgehead atoms. The fourth-order valence-corrected chi connectivity index (χ4v) is 5.84. The van der Waals surface area contributed by atoms with E-state index in [0.717, 1.165) is 40.0 Å². The first-order chi connectivity index (χ1) is 18.1. The number of nitrogens with zero attached hydrogens (tertiary/aromatic N) is 1. The van der Waals surface area contributed by atoms with E-state index in [9.17, 15) is 14.7 Å². The molecule has 0 saturated carbocycles. The summed E-state index contributed by atoms with van der Waals surface area (Å²) in [5.74, 6) is 0.735. The van der Waals surface area contributed by atoms with Gasteiger partial charge in [0.2, 0.25) is 11.8 Å². The Kier molecular flexibility index (Phi) is 8.16. The number of fused-ring (bicyclic) bond motifs is 3. The predicted octanol–water partition coefficient (Wildman–Crippen LogP) is 5.22. The maximum Gasteiger partial charge on any atom is 0.235 e. The van der Waals surface area contributed by atoms with E-state index >= 15 is 0 Å². The van der Waals surface area contributed by atoms with Gasteiger partial charge in [0.25, 0.3) is 0 Å². The standard InChI is InChI=1S/C31H41N3O4/c1-7-38-24-11-12-27-25(16-24)26-17-31(6,30(37)34(21(5)35)14-13-32-18-19(2)3)20(4)28(29(26)33-27)22-9-8-10-23(36)15-22/h8-12,15-16,19-20,28,32-33,36H,7,13-14,17-18H2,1-6H3/t20?,28-,31-/m1/s1. The predicted molar refractivity (Wildman–Crippen MR) is 150 cm³/mol. The van der Waals surface area contributed by atoms with E-state index in [-0.39, 0.29) is 29.4 Å². The Labute approximate surface area is 225 Å². The number of benzene rings is 2. The number of phenols is 1. The smallest absolute Gasteiger partial charge is 0.235 e. The summed E-state index contributed by atoms with van der Waals surface area (Å²) in [6.07, 6.45) is 0.496. The third-order valence-corrected chi connectivity index (χ3v) is 7.99. The van der Waals surface area contributed by atoms with Crippen LogP contribution in [0.5, 0.6) is 11.5 Å². The zero-order valence-electron chi connectivity index (χ0n) is 23.4. The van der Waals surface area contributed by atoms with Gasteiger partial charge in [0.05, 0.1) is 12.0 Å². The minimum atomic E-state index is -0.844. The van der Waals surface area contributed by atoms with Crippen LogP contribution in [0.3, 0.4) is 0 Å². The highest BCUT2D eigenvalue weighted by atomic mass is 16.5. The number of nitrogens with one attached hydrogen (secondary N) is 2. The number of carbonyl (C=O) groups excluding carboxylic acids is 2. The third-order valence-electron chi connectivity index (χ3n) is 7.99. The van der Waals surface area contributed by atoms with Gasteiger partial charge in [0, 0.05) is 42.5 Å². The topological polar surface area (TPSA) is 94.7 Å². The number of carbonyl (C=O) groups is 2. The molecule has 204 valence electrons. The molecule has 7 heteroatoms. The van der Waals surface area contributed by atoms with Gasteiger partial charge in [0.1, 0.15) is 11.5 Å². The Morgan fingerprint density at radius 2 is 2.00 bits per heavy atom. The van der Waals surface area contributed by atoms with Crippen LogP contribution in [-0.4, -0.2) is 53.0 Å². The molecule has 1 aliphatic carbocycles. The summed E-state index contributed by atoms with van der Waals surface area (Å²) in [5.41, 5.74) is 3.18. The average Bonchev–Trinajstić information content (AvgIpc) is 3.21. The molecule has 4 rings (SSSR count). The molecule has 3 atom stereocenters. The molecule has 1 aromatic heterocycles. The second-order valence-electron chi connectivity index (χ2n) is 11.2. The molecule has 2 aromatic carbocycles. The maximum atomic E-state index is 14.3. The number of H-pyrrole nitrogens is 1. The summed E-state index contributed by atoms with van der Waals surface area (Å²) in [6.45, 7) is 14.0. The van der Waals surface area contributed by atoms with Gasteiger partial charge >= 0.3 is 0 Å². The third kappa shape index (κ3) is 5.30. The fraction of sp³-hybridized carbons (Fsp3) is 0.484. The van der Waals surface area contributed by atoms with Crippen LogP contribution in [0, 0.1) is 17.3 Å². The van der Waals surface area contributed by atoms with E-state index in [1.54, 1.807) is 12.1 Å². The van der Waals surface area contributed by atoms with Gasteiger partial charge in [-0.2, -0.15) is 0 Å². The maximum absolute atomic E-state index is 14.3. The number of aromatic hydroxyl groups is 1. The Balaban J connectivity index is 1.80. The van der Waals surface area contributed by atoms with Crippen molar-refractivity contribution in [3.63, 3.8) is 0 Å². The molecule has 7 nitrogen and oxygen atoms in total. The zero-order chi connectivity index (χ0) is 27.6. The van der Waals surface area contributed by atoms with Crippen LogP contribution in [0.4, 0.5) is 0 Å². The highest BCUT2D eigenvalue weighted by Crippen LogP contribution is 2.52. The van der Waals surface area contributed by atoms with E-state index in [1.165, 1.54) is 11.8 Å². The molecule has 0 radical (unpaired) electrons. The minimum Gasteiger partial charge on any atom is -0.508 e. The van der Waals surface area contributed by atoms with E-state index in [2.05, 4.69) is 31.1 Å². The van der Waals surface area contributed by atoms with Crippen molar-refractivity contribution in [1.82, 2.24) is 15.2 Å². The number of aromatic amines is 1. The van der Waals surface area contributed by atoms with E-state index in [4.69, 9.17) is 4.74 Å². The molecule has 0 fully saturated rings. The van der Waals surface area contributed by atoms with Crippen molar-refractivity contribution in [2.24, 2.45) is 17.3 Å². The fourth-order valence-electron chi connectivity index (χ4n) is 5.84. The van der Waals surface area contributed by atoms with Crippen LogP contribution in [0.1, 0.15) is 64.3 Å². The normalized spacial score (nSPS) is 20.9. The van der Waals surface area contributed by atoms with Crippen molar-refractivity contribution in [2.45, 2.75) is 53.9 Å². The van der Waals surface area contributed by atoms with Gasteiger partial charge in [-0.05, 0) is 73.2 Å². The van der Waals surface area contributed by atoms with E-state index in [0.29, 0.717) is 32.0 Å². The van der Waals surface area contributed by atoms with Gasteiger partial charge in [0.15, 0.2) is 0 Å². The molecule has 2 amide bonds. The molecule has 0 saturated heterocycles. The van der Waals surface area contributed by atoms with E-state index < -0.39 is 5.41 Å². The summed E-state index contributed by atoms with van der Waals surface area (Å²) in [4.78, 5) is 32.1. The number of aromatic nitrogens is 1. The lowest BCUT2D eigenvalue weighted by Gasteiger charge is -2.45. The van der Waals surface area contributed by atoms with Gasteiger partial charge < -0.3 is 20.1 Å². The van der Waals surface area contributed by atoms with E-state index in [1.807, 2.05) is 44.2 Å². The number of imide groups is 1. The second kappa shape index (κ2) is 11.2. The largest absolute Gasteiger partial charge is 0.508 e. The van der Waals surface area contributed by atoms with Crippen LogP contribution in [0.15, 0.2) is 42.5 Å². The summed E-state index contributed by atoms with van der Waals surface area (Å²) >= 11 is 0. The Hall–Kier alpha value is -3.32. The Bertz CT molecular complexity index is 1310. The number of rotatable bonds is 9. The highest BCUT2D eigenvalue weighted by Gasteiger charge is 2.51. The summed E-state index contributed by atoms with van der Waals surface area (Å²) in [7, 11) is 0. The molecule has 1 unspecified atom stereocenters. The molecular weight excluding hydrogens is 478 g/mol. The molecular formula is C31H41N3O4. The molecule has 0 aliphatic heterocycles. The SMILES string of the molecule is CCOc1ccc2[nH]c3c(c2c1)C[C@@](C)(C(=O)N(CCNCC(C)C)C(C)=O)C(C)[C@@H]3c1cccc(O)c1. The molecule has 38 heavy (non-hydrogen) atoms. The van der Waals surface area contributed by atoms with Crippen LogP contribution in [0.25, 0.3) is 10.9 Å². The quantitative estimate of drug-likeness (QED) is 0.337. The molecule has 1 aliphatic rings. The van der Waals surface area contributed by atoms with Crippen molar-refractivity contribution < 1.29 is 19.4 Å². The molecule has 1 heterocycles. The molecule has 3 N–H and O–H groups in total. The zero-order valence-corrected chi connectivity index (χ0v) is 23.4. The second-order valence-corrected chi connectivity index (χ2v) is 11.2. The Morgan fingerprint density at radius 1 is 1.24 bits per heavy atom. The van der Waals surface area contributed by atoms with Gasteiger partial charge in [-0.1, -0.05) is 39.8 Å². The molecule has 0 spiro atoms. The number of ether oxygens (including phenoxy) is 1. The summed E-state index contributed by atoms with van der Waals surface area (Å²) < 4.78 is 5.79. The Morgan fingerprint density at radius 3 is 2.66 bits per heavy atom. The summed E-state index contributed by atoms with van der Waals surface area (Å²) in [5, 5.41) is 14.7. The number of amides is 2.